The third-order valence-electron chi connectivity index (χ3n) is 3.25. The van der Waals surface area contributed by atoms with Crippen molar-refractivity contribution < 1.29 is 9.47 Å². The van der Waals surface area contributed by atoms with Crippen LogP contribution in [0.2, 0.25) is 0 Å². The van der Waals surface area contributed by atoms with Crippen molar-refractivity contribution in [2.45, 2.75) is 6.92 Å². The standard InChI is InChI=1S/C17H17N3O2/c1-3-22-17-10-13(8-9-16(17)21-2)11-19-20-12-18-14-6-4-5-7-15(14)20/h4-12H,3H2,1-2H3/b19-11-. The van der Waals surface area contributed by atoms with Crippen molar-refractivity contribution in [2.24, 2.45) is 5.10 Å². The highest BCUT2D eigenvalue weighted by molar-refractivity contribution is 5.82. The van der Waals surface area contributed by atoms with Gasteiger partial charge in [-0.1, -0.05) is 12.1 Å². The molecule has 3 aromatic rings. The summed E-state index contributed by atoms with van der Waals surface area (Å²) in [6.07, 6.45) is 3.48. The molecule has 0 bridgehead atoms. The molecule has 0 radical (unpaired) electrons. The number of rotatable bonds is 5. The second kappa shape index (κ2) is 6.30. The van der Waals surface area contributed by atoms with Crippen LogP contribution in [-0.4, -0.2) is 29.6 Å². The lowest BCUT2D eigenvalue weighted by Crippen LogP contribution is -1.97. The van der Waals surface area contributed by atoms with Crippen molar-refractivity contribution in [1.29, 1.82) is 0 Å². The average molecular weight is 295 g/mol. The molecule has 0 aliphatic rings. The highest BCUT2D eigenvalue weighted by atomic mass is 16.5. The number of nitrogens with zero attached hydrogens (tertiary/aromatic N) is 3. The van der Waals surface area contributed by atoms with Crippen molar-refractivity contribution in [3.63, 3.8) is 0 Å². The molecule has 2 aromatic carbocycles. The Bertz CT molecular complexity index is 809. The third kappa shape index (κ3) is 2.79. The monoisotopic (exact) mass is 295 g/mol. The zero-order valence-corrected chi connectivity index (χ0v) is 12.6. The number of methoxy groups -OCH3 is 1. The summed E-state index contributed by atoms with van der Waals surface area (Å²) in [5.41, 5.74) is 2.82. The fourth-order valence-corrected chi connectivity index (χ4v) is 2.21. The van der Waals surface area contributed by atoms with Gasteiger partial charge in [-0.25, -0.2) is 9.66 Å². The van der Waals surface area contributed by atoms with Crippen molar-refractivity contribution in [3.05, 3.63) is 54.4 Å². The Morgan fingerprint density at radius 3 is 2.86 bits per heavy atom. The van der Waals surface area contributed by atoms with Gasteiger partial charge in [0.15, 0.2) is 11.5 Å². The second-order valence-corrected chi connectivity index (χ2v) is 4.67. The highest BCUT2D eigenvalue weighted by Gasteiger charge is 2.04. The predicted molar refractivity (Wildman–Crippen MR) is 86.9 cm³/mol. The molecule has 0 saturated heterocycles. The van der Waals surface area contributed by atoms with E-state index < -0.39 is 0 Å². The quantitative estimate of drug-likeness (QED) is 0.678. The Balaban J connectivity index is 1.90. The number of imidazole rings is 1. The summed E-state index contributed by atoms with van der Waals surface area (Å²) in [7, 11) is 1.63. The van der Waals surface area contributed by atoms with E-state index in [2.05, 4.69) is 10.1 Å². The van der Waals surface area contributed by atoms with Gasteiger partial charge in [-0.15, -0.1) is 0 Å². The number of benzene rings is 2. The zero-order chi connectivity index (χ0) is 15.4. The van der Waals surface area contributed by atoms with Gasteiger partial charge in [0.1, 0.15) is 6.33 Å². The van der Waals surface area contributed by atoms with Crippen LogP contribution in [0.3, 0.4) is 0 Å². The van der Waals surface area contributed by atoms with E-state index in [1.54, 1.807) is 24.3 Å². The molecule has 0 N–H and O–H groups in total. The summed E-state index contributed by atoms with van der Waals surface area (Å²) in [4.78, 5) is 4.31. The van der Waals surface area contributed by atoms with Crippen molar-refractivity contribution in [2.75, 3.05) is 13.7 Å². The topological polar surface area (TPSA) is 48.6 Å². The number of para-hydroxylation sites is 2. The Morgan fingerprint density at radius 1 is 1.18 bits per heavy atom. The van der Waals surface area contributed by atoms with E-state index in [-0.39, 0.29) is 0 Å². The van der Waals surface area contributed by atoms with Crippen molar-refractivity contribution >= 4 is 17.2 Å². The lowest BCUT2D eigenvalue weighted by molar-refractivity contribution is 0.311. The predicted octanol–water partition coefficient (Wildman–Crippen LogP) is 3.33. The van der Waals surface area contributed by atoms with E-state index in [1.165, 1.54) is 0 Å². The maximum Gasteiger partial charge on any atom is 0.161 e. The summed E-state index contributed by atoms with van der Waals surface area (Å²) in [5.74, 6) is 1.43. The van der Waals surface area contributed by atoms with E-state index in [0.717, 1.165) is 16.6 Å². The fourth-order valence-electron chi connectivity index (χ4n) is 2.21. The van der Waals surface area contributed by atoms with Gasteiger partial charge in [-0.2, -0.15) is 5.10 Å². The van der Waals surface area contributed by atoms with Crippen LogP contribution in [0.4, 0.5) is 0 Å². The third-order valence-corrected chi connectivity index (χ3v) is 3.25. The van der Waals surface area contributed by atoms with Crippen LogP contribution < -0.4 is 9.47 Å². The van der Waals surface area contributed by atoms with E-state index in [9.17, 15) is 0 Å². The zero-order valence-electron chi connectivity index (χ0n) is 12.6. The largest absolute Gasteiger partial charge is 0.493 e. The van der Waals surface area contributed by atoms with E-state index in [4.69, 9.17) is 9.47 Å². The minimum atomic E-state index is 0.586. The van der Waals surface area contributed by atoms with E-state index in [1.807, 2.05) is 49.4 Å². The lowest BCUT2D eigenvalue weighted by Gasteiger charge is -2.09. The number of hydrogen-bond donors (Lipinski definition) is 0. The highest BCUT2D eigenvalue weighted by Crippen LogP contribution is 2.27. The first-order chi connectivity index (χ1) is 10.8. The first kappa shape index (κ1) is 14.1. The molecule has 0 aliphatic heterocycles. The van der Waals surface area contributed by atoms with Crippen LogP contribution in [0.1, 0.15) is 12.5 Å². The van der Waals surface area contributed by atoms with Gasteiger partial charge in [-0.05, 0) is 42.8 Å². The van der Waals surface area contributed by atoms with Crippen molar-refractivity contribution in [1.82, 2.24) is 9.66 Å². The number of hydrogen-bond acceptors (Lipinski definition) is 4. The maximum absolute atomic E-state index is 5.57. The second-order valence-electron chi connectivity index (χ2n) is 4.67. The number of ether oxygens (including phenoxy) is 2. The minimum absolute atomic E-state index is 0.586. The molecular weight excluding hydrogens is 278 g/mol. The number of aromatic nitrogens is 2. The smallest absolute Gasteiger partial charge is 0.161 e. The van der Waals surface area contributed by atoms with Gasteiger partial charge in [0.25, 0.3) is 0 Å². The molecule has 5 nitrogen and oxygen atoms in total. The van der Waals surface area contributed by atoms with Gasteiger partial charge in [0, 0.05) is 0 Å². The van der Waals surface area contributed by atoms with Crippen LogP contribution in [-0.2, 0) is 0 Å². The summed E-state index contributed by atoms with van der Waals surface area (Å²) in [6.45, 7) is 2.53. The maximum atomic E-state index is 5.57. The molecule has 0 spiro atoms. The Morgan fingerprint density at radius 2 is 2.05 bits per heavy atom. The van der Waals surface area contributed by atoms with Gasteiger partial charge in [0.2, 0.25) is 0 Å². The van der Waals surface area contributed by atoms with Gasteiger partial charge in [0.05, 0.1) is 31.0 Å². The fraction of sp³-hybridized carbons (Fsp3) is 0.176. The molecular formula is C17H17N3O2. The van der Waals surface area contributed by atoms with Crippen LogP contribution in [0.25, 0.3) is 11.0 Å². The molecule has 22 heavy (non-hydrogen) atoms. The molecule has 0 fully saturated rings. The Hall–Kier alpha value is -2.82. The van der Waals surface area contributed by atoms with E-state index >= 15 is 0 Å². The molecule has 112 valence electrons. The molecule has 0 saturated carbocycles. The van der Waals surface area contributed by atoms with E-state index in [0.29, 0.717) is 18.1 Å². The lowest BCUT2D eigenvalue weighted by atomic mass is 10.2. The summed E-state index contributed by atoms with van der Waals surface area (Å²) in [5, 5.41) is 4.45. The summed E-state index contributed by atoms with van der Waals surface area (Å²) in [6, 6.07) is 13.6. The number of fused-ring (bicyclic) bond motifs is 1. The average Bonchev–Trinajstić information content (AvgIpc) is 2.97. The first-order valence-electron chi connectivity index (χ1n) is 7.09. The Kier molecular flexibility index (Phi) is 4.05. The molecule has 1 aromatic heterocycles. The normalized spacial score (nSPS) is 11.2. The SMILES string of the molecule is CCOc1cc(/C=N\n2cnc3ccccc32)ccc1OC. The molecule has 3 rings (SSSR count). The summed E-state index contributed by atoms with van der Waals surface area (Å²) < 4.78 is 12.6. The van der Waals surface area contributed by atoms with Gasteiger partial charge >= 0.3 is 0 Å². The molecule has 1 heterocycles. The Labute approximate surface area is 128 Å². The molecule has 0 atom stereocenters. The molecule has 0 aliphatic carbocycles. The summed E-state index contributed by atoms with van der Waals surface area (Å²) >= 11 is 0. The van der Waals surface area contributed by atoms with Gasteiger partial charge in [-0.3, -0.25) is 0 Å². The van der Waals surface area contributed by atoms with Crippen LogP contribution in [0, 0.1) is 0 Å². The van der Waals surface area contributed by atoms with Crippen LogP contribution in [0.5, 0.6) is 11.5 Å². The van der Waals surface area contributed by atoms with Crippen LogP contribution >= 0.6 is 0 Å². The molecule has 0 amide bonds. The first-order valence-corrected chi connectivity index (χ1v) is 7.09. The van der Waals surface area contributed by atoms with Gasteiger partial charge < -0.3 is 9.47 Å². The minimum Gasteiger partial charge on any atom is -0.493 e. The molecule has 0 unspecified atom stereocenters. The van der Waals surface area contributed by atoms with Crippen LogP contribution in [0.15, 0.2) is 53.9 Å². The molecule has 5 heteroatoms. The van der Waals surface area contributed by atoms with Crippen molar-refractivity contribution in [3.8, 4) is 11.5 Å².